The lowest BCUT2D eigenvalue weighted by molar-refractivity contribution is 0.415. The first-order valence-corrected chi connectivity index (χ1v) is 5.45. The molecule has 4 heteroatoms. The number of hydrogen-bond acceptors (Lipinski definition) is 3. The Labute approximate surface area is 99.2 Å². The van der Waals surface area contributed by atoms with Crippen LogP contribution in [0.3, 0.4) is 0 Å². The predicted octanol–water partition coefficient (Wildman–Crippen LogP) is 2.40. The van der Waals surface area contributed by atoms with E-state index in [0.717, 1.165) is 28.6 Å². The van der Waals surface area contributed by atoms with Crippen LogP contribution in [0, 0.1) is 0 Å². The van der Waals surface area contributed by atoms with Crippen LogP contribution in [0.25, 0.3) is 10.9 Å². The highest BCUT2D eigenvalue weighted by Gasteiger charge is 2.05. The summed E-state index contributed by atoms with van der Waals surface area (Å²) < 4.78 is 5.14. The molecule has 0 aliphatic rings. The molecule has 0 aliphatic heterocycles. The maximum atomic E-state index is 6.07. The number of pyridine rings is 1. The quantitative estimate of drug-likeness (QED) is 0.833. The fourth-order valence-corrected chi connectivity index (χ4v) is 1.87. The van der Waals surface area contributed by atoms with Crippen LogP contribution in [-0.2, 0) is 6.42 Å². The van der Waals surface area contributed by atoms with Gasteiger partial charge in [-0.25, -0.2) is 4.98 Å². The van der Waals surface area contributed by atoms with Crippen molar-refractivity contribution in [1.29, 1.82) is 0 Å². The van der Waals surface area contributed by atoms with Crippen LogP contribution in [0.2, 0.25) is 5.15 Å². The van der Waals surface area contributed by atoms with E-state index in [1.165, 1.54) is 0 Å². The van der Waals surface area contributed by atoms with Crippen LogP contribution in [0.4, 0.5) is 0 Å². The third-order valence-electron chi connectivity index (χ3n) is 2.46. The third-order valence-corrected chi connectivity index (χ3v) is 2.79. The molecule has 0 atom stereocenters. The van der Waals surface area contributed by atoms with Gasteiger partial charge in [0, 0.05) is 11.5 Å². The molecule has 0 aliphatic carbocycles. The number of aromatic nitrogens is 1. The second-order valence-corrected chi connectivity index (χ2v) is 3.89. The molecule has 1 heterocycles. The number of rotatable bonds is 3. The van der Waals surface area contributed by atoms with Gasteiger partial charge in [-0.05, 0) is 36.7 Å². The van der Waals surface area contributed by atoms with E-state index in [9.17, 15) is 0 Å². The van der Waals surface area contributed by atoms with Crippen LogP contribution < -0.4 is 10.5 Å². The molecule has 84 valence electrons. The van der Waals surface area contributed by atoms with Gasteiger partial charge in [0.05, 0.1) is 12.6 Å². The smallest absolute Gasteiger partial charge is 0.133 e. The Morgan fingerprint density at radius 1 is 1.38 bits per heavy atom. The fourth-order valence-electron chi connectivity index (χ4n) is 1.62. The molecule has 0 radical (unpaired) electrons. The molecule has 0 unspecified atom stereocenters. The highest BCUT2D eigenvalue weighted by Crippen LogP contribution is 2.24. The van der Waals surface area contributed by atoms with Crippen LogP contribution in [-0.4, -0.2) is 18.6 Å². The molecule has 2 N–H and O–H groups in total. The Balaban J connectivity index is 2.55. The van der Waals surface area contributed by atoms with E-state index in [4.69, 9.17) is 22.1 Å². The standard InChI is InChI=1S/C12H13ClN2O/c1-16-10-3-2-8-6-9(4-5-14)12(13)15-11(8)7-10/h2-3,6-7H,4-5,14H2,1H3. The molecule has 1 aromatic heterocycles. The molecule has 0 amide bonds. The predicted molar refractivity (Wildman–Crippen MR) is 66.1 cm³/mol. The number of methoxy groups -OCH3 is 1. The Hall–Kier alpha value is -1.32. The highest BCUT2D eigenvalue weighted by atomic mass is 35.5. The highest BCUT2D eigenvalue weighted by molar-refractivity contribution is 6.30. The van der Waals surface area contributed by atoms with Crippen molar-refractivity contribution in [3.05, 3.63) is 35.0 Å². The molecule has 0 fully saturated rings. The summed E-state index contributed by atoms with van der Waals surface area (Å²) >= 11 is 6.07. The molecule has 0 bridgehead atoms. The monoisotopic (exact) mass is 236 g/mol. The Morgan fingerprint density at radius 3 is 2.88 bits per heavy atom. The van der Waals surface area contributed by atoms with Gasteiger partial charge in [-0.2, -0.15) is 0 Å². The van der Waals surface area contributed by atoms with Crippen molar-refractivity contribution in [2.75, 3.05) is 13.7 Å². The number of ether oxygens (including phenoxy) is 1. The first kappa shape index (κ1) is 11.2. The fraction of sp³-hybridized carbons (Fsp3) is 0.250. The van der Waals surface area contributed by atoms with Crippen molar-refractivity contribution in [2.24, 2.45) is 5.73 Å². The van der Waals surface area contributed by atoms with Crippen molar-refractivity contribution in [2.45, 2.75) is 6.42 Å². The van der Waals surface area contributed by atoms with Gasteiger partial charge in [0.25, 0.3) is 0 Å². The molecule has 2 aromatic rings. The van der Waals surface area contributed by atoms with Crippen LogP contribution in [0.15, 0.2) is 24.3 Å². The number of fused-ring (bicyclic) bond motifs is 1. The summed E-state index contributed by atoms with van der Waals surface area (Å²) in [5.74, 6) is 0.780. The summed E-state index contributed by atoms with van der Waals surface area (Å²) in [7, 11) is 1.63. The van der Waals surface area contributed by atoms with Crippen molar-refractivity contribution in [1.82, 2.24) is 4.98 Å². The lowest BCUT2D eigenvalue weighted by Crippen LogP contribution is -2.03. The normalized spacial score (nSPS) is 10.7. The zero-order chi connectivity index (χ0) is 11.5. The van der Waals surface area contributed by atoms with E-state index in [1.54, 1.807) is 7.11 Å². The van der Waals surface area contributed by atoms with Crippen molar-refractivity contribution >= 4 is 22.5 Å². The summed E-state index contributed by atoms with van der Waals surface area (Å²) in [6.07, 6.45) is 0.744. The summed E-state index contributed by atoms with van der Waals surface area (Å²) in [6.45, 7) is 0.572. The zero-order valence-electron chi connectivity index (χ0n) is 9.03. The van der Waals surface area contributed by atoms with E-state index >= 15 is 0 Å². The maximum Gasteiger partial charge on any atom is 0.133 e. The van der Waals surface area contributed by atoms with Gasteiger partial charge in [0.1, 0.15) is 10.9 Å². The molecular weight excluding hydrogens is 224 g/mol. The molecule has 0 saturated carbocycles. The lowest BCUT2D eigenvalue weighted by atomic mass is 10.1. The minimum absolute atomic E-state index is 0.520. The largest absolute Gasteiger partial charge is 0.497 e. The number of nitrogens with two attached hydrogens (primary N) is 1. The Bertz CT molecular complexity index is 514. The second-order valence-electron chi connectivity index (χ2n) is 3.54. The lowest BCUT2D eigenvalue weighted by Gasteiger charge is -2.06. The van der Waals surface area contributed by atoms with Gasteiger partial charge in [0.2, 0.25) is 0 Å². The summed E-state index contributed by atoms with van der Waals surface area (Å²) in [5, 5.41) is 1.57. The topological polar surface area (TPSA) is 48.1 Å². The zero-order valence-corrected chi connectivity index (χ0v) is 9.79. The van der Waals surface area contributed by atoms with E-state index in [-0.39, 0.29) is 0 Å². The van der Waals surface area contributed by atoms with Gasteiger partial charge in [-0.3, -0.25) is 0 Å². The molecule has 0 spiro atoms. The van der Waals surface area contributed by atoms with Gasteiger partial charge >= 0.3 is 0 Å². The van der Waals surface area contributed by atoms with Crippen molar-refractivity contribution < 1.29 is 4.74 Å². The number of nitrogens with zero attached hydrogens (tertiary/aromatic N) is 1. The number of hydrogen-bond donors (Lipinski definition) is 1. The van der Waals surface area contributed by atoms with Crippen molar-refractivity contribution in [3.63, 3.8) is 0 Å². The SMILES string of the molecule is COc1ccc2cc(CCN)c(Cl)nc2c1. The minimum atomic E-state index is 0.520. The number of benzene rings is 1. The first-order valence-electron chi connectivity index (χ1n) is 5.08. The van der Waals surface area contributed by atoms with Crippen molar-refractivity contribution in [3.8, 4) is 5.75 Å². The van der Waals surface area contributed by atoms with Gasteiger partial charge in [0.15, 0.2) is 0 Å². The Morgan fingerprint density at radius 2 is 2.19 bits per heavy atom. The second kappa shape index (κ2) is 4.68. The van der Waals surface area contributed by atoms with E-state index in [2.05, 4.69) is 4.98 Å². The van der Waals surface area contributed by atoms with Crippen LogP contribution >= 0.6 is 11.6 Å². The molecule has 3 nitrogen and oxygen atoms in total. The van der Waals surface area contributed by atoms with E-state index in [1.807, 2.05) is 24.3 Å². The summed E-state index contributed by atoms with van der Waals surface area (Å²) in [6, 6.07) is 7.77. The molecule has 0 saturated heterocycles. The van der Waals surface area contributed by atoms with E-state index in [0.29, 0.717) is 11.7 Å². The first-order chi connectivity index (χ1) is 7.74. The minimum Gasteiger partial charge on any atom is -0.497 e. The summed E-state index contributed by atoms with van der Waals surface area (Å²) in [4.78, 5) is 4.33. The average molecular weight is 237 g/mol. The molecular formula is C12H13ClN2O. The maximum absolute atomic E-state index is 6.07. The van der Waals surface area contributed by atoms with Crippen LogP contribution in [0.5, 0.6) is 5.75 Å². The van der Waals surface area contributed by atoms with Gasteiger partial charge < -0.3 is 10.5 Å². The van der Waals surface area contributed by atoms with Crippen LogP contribution in [0.1, 0.15) is 5.56 Å². The number of halogens is 1. The summed E-state index contributed by atoms with van der Waals surface area (Å²) in [5.41, 5.74) is 7.34. The average Bonchev–Trinajstić information content (AvgIpc) is 2.30. The molecule has 2 rings (SSSR count). The third kappa shape index (κ3) is 2.10. The van der Waals surface area contributed by atoms with E-state index < -0.39 is 0 Å². The molecule has 16 heavy (non-hydrogen) atoms. The van der Waals surface area contributed by atoms with Gasteiger partial charge in [-0.1, -0.05) is 11.6 Å². The Kier molecular flexibility index (Phi) is 3.27. The van der Waals surface area contributed by atoms with Gasteiger partial charge in [-0.15, -0.1) is 0 Å². The molecule has 1 aromatic carbocycles.